The number of carboxylic acid groups (broad SMARTS) is 1. The average Bonchev–Trinajstić information content (AvgIpc) is 2.71. The van der Waals surface area contributed by atoms with E-state index in [1.54, 1.807) is 24.3 Å². The number of para-hydroxylation sites is 1. The number of nitrogens with zero attached hydrogens (tertiary/aromatic N) is 1. The van der Waals surface area contributed by atoms with Gasteiger partial charge in [-0.15, -0.1) is 0 Å². The zero-order chi connectivity index (χ0) is 15.6. The Morgan fingerprint density at radius 2 is 1.86 bits per heavy atom. The van der Waals surface area contributed by atoms with Crippen molar-refractivity contribution in [1.82, 2.24) is 0 Å². The van der Waals surface area contributed by atoms with E-state index in [4.69, 9.17) is 5.11 Å². The zero-order valence-corrected chi connectivity index (χ0v) is 12.3. The second kappa shape index (κ2) is 5.68. The second-order valence-corrected chi connectivity index (χ2v) is 5.40. The number of aliphatic carboxylic acids is 1. The molecule has 1 saturated heterocycles. The van der Waals surface area contributed by atoms with Gasteiger partial charge in [-0.25, -0.2) is 4.90 Å². The molecule has 0 radical (unpaired) electrons. The van der Waals surface area contributed by atoms with Crippen LogP contribution in [0.3, 0.4) is 0 Å². The molecule has 1 aromatic carbocycles. The summed E-state index contributed by atoms with van der Waals surface area (Å²) in [6.07, 6.45) is 1.19. The van der Waals surface area contributed by atoms with Crippen molar-refractivity contribution < 1.29 is 19.5 Å². The quantitative estimate of drug-likeness (QED) is 0.844. The van der Waals surface area contributed by atoms with Gasteiger partial charge in [0.1, 0.15) is 0 Å². The van der Waals surface area contributed by atoms with Crippen molar-refractivity contribution in [3.05, 3.63) is 29.8 Å². The normalized spacial score (nSPS) is 17.3. The van der Waals surface area contributed by atoms with Gasteiger partial charge in [0.05, 0.1) is 17.5 Å². The average molecular weight is 289 g/mol. The van der Waals surface area contributed by atoms with Gasteiger partial charge in [-0.3, -0.25) is 14.4 Å². The van der Waals surface area contributed by atoms with E-state index in [9.17, 15) is 14.4 Å². The lowest BCUT2D eigenvalue weighted by Crippen LogP contribution is -2.35. The third-order valence-electron chi connectivity index (χ3n) is 4.32. The Morgan fingerprint density at radius 1 is 1.24 bits per heavy atom. The summed E-state index contributed by atoms with van der Waals surface area (Å²) in [6, 6.07) is 6.69. The summed E-state index contributed by atoms with van der Waals surface area (Å²) < 4.78 is 0. The fourth-order valence-electron chi connectivity index (χ4n) is 2.88. The molecule has 0 aromatic heterocycles. The summed E-state index contributed by atoms with van der Waals surface area (Å²) in [4.78, 5) is 37.1. The van der Waals surface area contributed by atoms with Gasteiger partial charge in [-0.2, -0.15) is 0 Å². The first-order valence-electron chi connectivity index (χ1n) is 7.12. The highest BCUT2D eigenvalue weighted by Crippen LogP contribution is 2.42. The number of benzene rings is 1. The number of carboxylic acids is 1. The molecule has 0 spiro atoms. The van der Waals surface area contributed by atoms with Crippen LogP contribution in [-0.4, -0.2) is 22.9 Å². The number of imide groups is 1. The number of rotatable bonds is 5. The van der Waals surface area contributed by atoms with E-state index in [0.717, 1.165) is 0 Å². The minimum atomic E-state index is -0.987. The van der Waals surface area contributed by atoms with Crippen molar-refractivity contribution in [3.63, 3.8) is 0 Å². The van der Waals surface area contributed by atoms with E-state index < -0.39 is 11.4 Å². The third kappa shape index (κ3) is 2.55. The highest BCUT2D eigenvalue weighted by molar-refractivity contribution is 6.23. The van der Waals surface area contributed by atoms with Crippen LogP contribution in [0.2, 0.25) is 0 Å². The molecule has 0 aliphatic carbocycles. The Morgan fingerprint density at radius 3 is 2.38 bits per heavy atom. The van der Waals surface area contributed by atoms with Gasteiger partial charge in [0.25, 0.3) is 0 Å². The molecule has 0 unspecified atom stereocenters. The highest BCUT2D eigenvalue weighted by Gasteiger charge is 2.50. The monoisotopic (exact) mass is 289 g/mol. The molecular formula is C16H19NO4. The lowest BCUT2D eigenvalue weighted by molar-refractivity contribution is -0.136. The van der Waals surface area contributed by atoms with Crippen molar-refractivity contribution in [1.29, 1.82) is 0 Å². The van der Waals surface area contributed by atoms with Crippen LogP contribution in [0.25, 0.3) is 0 Å². The van der Waals surface area contributed by atoms with Gasteiger partial charge in [-0.1, -0.05) is 32.0 Å². The van der Waals surface area contributed by atoms with Crippen LogP contribution >= 0.6 is 0 Å². The molecule has 2 rings (SSSR count). The molecule has 2 amide bonds. The van der Waals surface area contributed by atoms with E-state index in [1.165, 1.54) is 4.90 Å². The van der Waals surface area contributed by atoms with Crippen LogP contribution in [0.4, 0.5) is 5.69 Å². The Hall–Kier alpha value is -2.17. The molecule has 0 bridgehead atoms. The van der Waals surface area contributed by atoms with E-state index >= 15 is 0 Å². The first-order chi connectivity index (χ1) is 9.95. The maximum absolute atomic E-state index is 12.7. The molecule has 21 heavy (non-hydrogen) atoms. The maximum atomic E-state index is 12.7. The standard InChI is InChI=1S/C16H19NO4/c1-3-16(4-2)10-13(18)17(15(16)21)12-8-6-5-7-11(12)9-14(19)20/h5-8H,3-4,9-10H2,1-2H3,(H,19,20). The lowest BCUT2D eigenvalue weighted by Gasteiger charge is -2.24. The molecule has 1 aliphatic heterocycles. The summed E-state index contributed by atoms with van der Waals surface area (Å²) in [5, 5.41) is 8.97. The minimum absolute atomic E-state index is 0.195. The van der Waals surface area contributed by atoms with Gasteiger partial charge in [0, 0.05) is 6.42 Å². The van der Waals surface area contributed by atoms with Crippen LogP contribution in [0.15, 0.2) is 24.3 Å². The van der Waals surface area contributed by atoms with Crippen molar-refractivity contribution in [3.8, 4) is 0 Å². The number of carbonyl (C=O) groups is 3. The topological polar surface area (TPSA) is 74.7 Å². The molecule has 1 N–H and O–H groups in total. The predicted octanol–water partition coefficient (Wildman–Crippen LogP) is 2.38. The summed E-state index contributed by atoms with van der Waals surface area (Å²) in [7, 11) is 0. The van der Waals surface area contributed by atoms with Gasteiger partial charge >= 0.3 is 5.97 Å². The number of hydrogen-bond donors (Lipinski definition) is 1. The Bertz CT molecular complexity index is 590. The summed E-state index contributed by atoms with van der Waals surface area (Å²) in [5.41, 5.74) is 0.237. The second-order valence-electron chi connectivity index (χ2n) is 5.40. The highest BCUT2D eigenvalue weighted by atomic mass is 16.4. The van der Waals surface area contributed by atoms with Crippen LogP contribution < -0.4 is 4.90 Å². The molecule has 112 valence electrons. The molecule has 1 fully saturated rings. The van der Waals surface area contributed by atoms with Crippen molar-refractivity contribution in [2.24, 2.45) is 5.41 Å². The molecule has 5 heteroatoms. The summed E-state index contributed by atoms with van der Waals surface area (Å²) >= 11 is 0. The lowest BCUT2D eigenvalue weighted by atomic mass is 9.81. The largest absolute Gasteiger partial charge is 0.481 e. The molecule has 1 aliphatic rings. The minimum Gasteiger partial charge on any atom is -0.481 e. The Kier molecular flexibility index (Phi) is 4.11. The molecular weight excluding hydrogens is 270 g/mol. The first kappa shape index (κ1) is 15.2. The van der Waals surface area contributed by atoms with Crippen LogP contribution in [0.5, 0.6) is 0 Å². The Balaban J connectivity index is 2.45. The molecule has 0 atom stereocenters. The Labute approximate surface area is 123 Å². The molecule has 1 heterocycles. The maximum Gasteiger partial charge on any atom is 0.307 e. The SMILES string of the molecule is CCC1(CC)CC(=O)N(c2ccccc2CC(=O)O)C1=O. The number of hydrogen-bond acceptors (Lipinski definition) is 3. The van der Waals surface area contributed by atoms with E-state index in [1.807, 2.05) is 13.8 Å². The number of amides is 2. The van der Waals surface area contributed by atoms with Crippen LogP contribution in [0.1, 0.15) is 38.7 Å². The van der Waals surface area contributed by atoms with Crippen molar-refractivity contribution in [2.75, 3.05) is 4.90 Å². The van der Waals surface area contributed by atoms with Crippen LogP contribution in [-0.2, 0) is 20.8 Å². The van der Waals surface area contributed by atoms with Gasteiger partial charge in [-0.05, 0) is 24.5 Å². The summed E-state index contributed by atoms with van der Waals surface area (Å²) in [5.74, 6) is -1.45. The van der Waals surface area contributed by atoms with E-state index in [0.29, 0.717) is 24.1 Å². The molecule has 0 saturated carbocycles. The van der Waals surface area contributed by atoms with Crippen LogP contribution in [0, 0.1) is 5.41 Å². The van der Waals surface area contributed by atoms with Crippen molar-refractivity contribution in [2.45, 2.75) is 39.5 Å². The van der Waals surface area contributed by atoms with Gasteiger partial charge in [0.15, 0.2) is 0 Å². The fraction of sp³-hybridized carbons (Fsp3) is 0.438. The molecule has 5 nitrogen and oxygen atoms in total. The van der Waals surface area contributed by atoms with Gasteiger partial charge in [0.2, 0.25) is 11.8 Å². The first-order valence-corrected chi connectivity index (χ1v) is 7.12. The zero-order valence-electron chi connectivity index (χ0n) is 12.3. The smallest absolute Gasteiger partial charge is 0.307 e. The van der Waals surface area contributed by atoms with Gasteiger partial charge < -0.3 is 5.11 Å². The number of anilines is 1. The predicted molar refractivity (Wildman–Crippen MR) is 77.9 cm³/mol. The fourth-order valence-corrected chi connectivity index (χ4v) is 2.88. The number of carbonyl (C=O) groups excluding carboxylic acids is 2. The van der Waals surface area contributed by atoms with Crippen molar-refractivity contribution >= 4 is 23.5 Å². The van der Waals surface area contributed by atoms with E-state index in [2.05, 4.69) is 0 Å². The van der Waals surface area contributed by atoms with E-state index in [-0.39, 0.29) is 24.7 Å². The summed E-state index contributed by atoms with van der Waals surface area (Å²) in [6.45, 7) is 3.81. The third-order valence-corrected chi connectivity index (χ3v) is 4.32. The molecule has 1 aromatic rings.